The number of hydrogen-bond donors (Lipinski definition) is 2. The highest BCUT2D eigenvalue weighted by Gasteiger charge is 2.36. The van der Waals surface area contributed by atoms with Gasteiger partial charge in [0, 0.05) is 18.7 Å². The summed E-state index contributed by atoms with van der Waals surface area (Å²) in [7, 11) is 0. The number of β-amino-alcohol motifs (C(OH)–C–C–N with tert-alkyl or cyclic N) is 1. The molecule has 1 fully saturated rings. The average molecular weight is 435 g/mol. The van der Waals surface area contributed by atoms with Crippen molar-refractivity contribution in [1.82, 2.24) is 15.0 Å². The lowest BCUT2D eigenvalue weighted by Gasteiger charge is -2.23. The molecule has 0 aliphatic carbocycles. The Bertz CT molecular complexity index is 1020. The van der Waals surface area contributed by atoms with E-state index < -0.39 is 17.8 Å². The topological polar surface area (TPSA) is 109 Å². The van der Waals surface area contributed by atoms with Gasteiger partial charge in [0.05, 0.1) is 23.4 Å². The number of anilines is 1. The first kappa shape index (κ1) is 21.2. The van der Waals surface area contributed by atoms with Crippen LogP contribution in [0.15, 0.2) is 53.1 Å². The number of rotatable bonds is 5. The van der Waals surface area contributed by atoms with E-state index in [4.69, 9.17) is 9.73 Å². The standard InChI is InChI=1S/C20H18F3N4O4/c21-20(22,23)14-5-3-13(4-6-14)18-24-19(31-25-18)17-9-16(28)11-26(17)10-12-1-7-15(8-2-12)27(29)30/h1-8,16-17,28-29H,9-11H2/q-1. The van der Waals surface area contributed by atoms with Crippen LogP contribution in [-0.2, 0) is 12.7 Å². The van der Waals surface area contributed by atoms with Crippen LogP contribution in [0.25, 0.3) is 11.4 Å². The molecule has 2 aromatic carbocycles. The zero-order chi connectivity index (χ0) is 22.2. The summed E-state index contributed by atoms with van der Waals surface area (Å²) in [5, 5.41) is 33.6. The number of alkyl halides is 3. The summed E-state index contributed by atoms with van der Waals surface area (Å²) >= 11 is 0. The molecule has 2 unspecified atom stereocenters. The van der Waals surface area contributed by atoms with Crippen LogP contribution in [-0.4, -0.2) is 38.0 Å². The van der Waals surface area contributed by atoms with Crippen LogP contribution in [0.1, 0.15) is 29.5 Å². The van der Waals surface area contributed by atoms with Gasteiger partial charge < -0.3 is 20.1 Å². The summed E-state index contributed by atoms with van der Waals surface area (Å²) in [5.74, 6) is 0.414. The van der Waals surface area contributed by atoms with E-state index in [-0.39, 0.29) is 28.7 Å². The molecule has 8 nitrogen and oxygen atoms in total. The van der Waals surface area contributed by atoms with Crippen LogP contribution in [0.4, 0.5) is 18.9 Å². The highest BCUT2D eigenvalue weighted by atomic mass is 19.4. The molecule has 4 rings (SSSR count). The van der Waals surface area contributed by atoms with Crippen molar-refractivity contribution in [1.29, 1.82) is 0 Å². The first-order valence-corrected chi connectivity index (χ1v) is 9.39. The molecule has 31 heavy (non-hydrogen) atoms. The third-order valence-corrected chi connectivity index (χ3v) is 5.12. The van der Waals surface area contributed by atoms with Crippen molar-refractivity contribution in [3.63, 3.8) is 0 Å². The summed E-state index contributed by atoms with van der Waals surface area (Å²) in [5.41, 5.74) is 0.555. The maximum atomic E-state index is 12.7. The number of aliphatic hydroxyl groups excluding tert-OH is 1. The van der Waals surface area contributed by atoms with E-state index in [0.29, 0.717) is 25.1 Å². The zero-order valence-electron chi connectivity index (χ0n) is 16.0. The van der Waals surface area contributed by atoms with Crippen molar-refractivity contribution >= 4 is 5.69 Å². The predicted molar refractivity (Wildman–Crippen MR) is 103 cm³/mol. The molecule has 1 aliphatic rings. The van der Waals surface area contributed by atoms with Crippen LogP contribution < -0.4 is 5.23 Å². The van der Waals surface area contributed by atoms with Gasteiger partial charge in [-0.1, -0.05) is 29.4 Å². The summed E-state index contributed by atoms with van der Waals surface area (Å²) in [6.07, 6.45) is -4.68. The minimum absolute atomic E-state index is 0.0971. The molecule has 1 saturated heterocycles. The van der Waals surface area contributed by atoms with Crippen molar-refractivity contribution in [2.24, 2.45) is 0 Å². The van der Waals surface area contributed by atoms with Crippen LogP contribution in [0.3, 0.4) is 0 Å². The SMILES string of the molecule is [O-]N(O)c1ccc(CN2CC(O)CC2c2nc(-c3ccc(C(F)(F)F)cc3)no2)cc1. The van der Waals surface area contributed by atoms with E-state index in [1.54, 1.807) is 12.1 Å². The second kappa shape index (κ2) is 8.27. The number of benzene rings is 2. The lowest BCUT2D eigenvalue weighted by Crippen LogP contribution is -2.24. The van der Waals surface area contributed by atoms with Gasteiger partial charge in [-0.2, -0.15) is 18.2 Å². The van der Waals surface area contributed by atoms with Crippen LogP contribution in [0.5, 0.6) is 0 Å². The Balaban J connectivity index is 1.51. The lowest BCUT2D eigenvalue weighted by molar-refractivity contribution is -0.137. The lowest BCUT2D eigenvalue weighted by atomic mass is 10.1. The van der Waals surface area contributed by atoms with E-state index in [2.05, 4.69) is 10.1 Å². The maximum absolute atomic E-state index is 12.7. The molecule has 1 aliphatic heterocycles. The Hall–Kier alpha value is -2.99. The maximum Gasteiger partial charge on any atom is 0.416 e. The molecular formula is C20H18F3N4O4-. The van der Waals surface area contributed by atoms with Gasteiger partial charge in [0.2, 0.25) is 11.7 Å². The summed E-state index contributed by atoms with van der Waals surface area (Å²) in [4.78, 5) is 6.25. The summed E-state index contributed by atoms with van der Waals surface area (Å²) in [6.45, 7) is 0.780. The molecular weight excluding hydrogens is 417 g/mol. The molecule has 0 radical (unpaired) electrons. The Morgan fingerprint density at radius 1 is 1.13 bits per heavy atom. The number of aromatic nitrogens is 2. The first-order chi connectivity index (χ1) is 14.7. The van der Waals surface area contributed by atoms with Crippen LogP contribution in [0.2, 0.25) is 0 Å². The fraction of sp³-hybridized carbons (Fsp3) is 0.300. The minimum atomic E-state index is -4.43. The highest BCUT2D eigenvalue weighted by molar-refractivity contribution is 5.55. The number of likely N-dealkylation sites (tertiary alicyclic amines) is 1. The molecule has 11 heteroatoms. The van der Waals surface area contributed by atoms with E-state index in [1.807, 2.05) is 4.90 Å². The first-order valence-electron chi connectivity index (χ1n) is 9.39. The molecule has 1 aromatic heterocycles. The fourth-order valence-electron chi connectivity index (χ4n) is 3.57. The zero-order valence-corrected chi connectivity index (χ0v) is 16.0. The van der Waals surface area contributed by atoms with Crippen LogP contribution in [0, 0.1) is 5.21 Å². The monoisotopic (exact) mass is 435 g/mol. The Labute approximate surface area is 174 Å². The third kappa shape index (κ3) is 4.69. The van der Waals surface area contributed by atoms with Crippen LogP contribution >= 0.6 is 0 Å². The summed E-state index contributed by atoms with van der Waals surface area (Å²) < 4.78 is 43.6. The third-order valence-electron chi connectivity index (χ3n) is 5.12. The Kier molecular flexibility index (Phi) is 5.67. The second-order valence-corrected chi connectivity index (χ2v) is 7.31. The quantitative estimate of drug-likeness (QED) is 0.583. The minimum Gasteiger partial charge on any atom is -0.733 e. The predicted octanol–water partition coefficient (Wildman–Crippen LogP) is 3.76. The van der Waals surface area contributed by atoms with Gasteiger partial charge in [0.15, 0.2) is 0 Å². The number of hydrogen-bond acceptors (Lipinski definition) is 8. The van der Waals surface area contributed by atoms with Gasteiger partial charge in [0.25, 0.3) is 0 Å². The van der Waals surface area contributed by atoms with Crippen molar-refractivity contribution < 1.29 is 28.0 Å². The normalized spacial score (nSPS) is 19.7. The molecule has 164 valence electrons. The molecule has 2 atom stereocenters. The van der Waals surface area contributed by atoms with Gasteiger partial charge in [-0.25, -0.2) is 0 Å². The Morgan fingerprint density at radius 3 is 2.42 bits per heavy atom. The fourth-order valence-corrected chi connectivity index (χ4v) is 3.57. The molecule has 3 aromatic rings. The van der Waals surface area contributed by atoms with Crippen molar-refractivity contribution in [3.8, 4) is 11.4 Å². The average Bonchev–Trinajstić information content (AvgIpc) is 3.34. The second-order valence-electron chi connectivity index (χ2n) is 7.31. The van der Waals surface area contributed by atoms with Crippen molar-refractivity contribution in [3.05, 3.63) is 70.8 Å². The number of aliphatic hydroxyl groups is 1. The molecule has 0 saturated carbocycles. The van der Waals surface area contributed by atoms with Crippen molar-refractivity contribution in [2.75, 3.05) is 11.8 Å². The molecule has 2 heterocycles. The molecule has 0 spiro atoms. The smallest absolute Gasteiger partial charge is 0.416 e. The van der Waals surface area contributed by atoms with E-state index in [0.717, 1.165) is 17.7 Å². The van der Waals surface area contributed by atoms with Gasteiger partial charge in [-0.05, 0) is 36.2 Å². The van der Waals surface area contributed by atoms with Crippen molar-refractivity contribution in [2.45, 2.75) is 31.3 Å². The van der Waals surface area contributed by atoms with Gasteiger partial charge >= 0.3 is 6.18 Å². The molecule has 0 bridgehead atoms. The number of halogens is 3. The Morgan fingerprint density at radius 2 is 1.81 bits per heavy atom. The van der Waals surface area contributed by atoms with E-state index in [9.17, 15) is 23.5 Å². The molecule has 0 amide bonds. The summed E-state index contributed by atoms with van der Waals surface area (Å²) in [6, 6.07) is 10.4. The highest BCUT2D eigenvalue weighted by Crippen LogP contribution is 2.34. The van der Waals surface area contributed by atoms with E-state index >= 15 is 0 Å². The largest absolute Gasteiger partial charge is 0.733 e. The van der Waals surface area contributed by atoms with E-state index in [1.165, 1.54) is 24.3 Å². The number of nitrogens with zero attached hydrogens (tertiary/aromatic N) is 4. The van der Waals surface area contributed by atoms with Gasteiger partial charge in [-0.15, -0.1) is 0 Å². The van der Waals surface area contributed by atoms with Gasteiger partial charge in [-0.3, -0.25) is 10.1 Å². The van der Waals surface area contributed by atoms with Gasteiger partial charge in [0.1, 0.15) is 0 Å². The molecule has 2 N–H and O–H groups in total.